The molecular formula is C10H18O. The fourth-order valence-corrected chi connectivity index (χ4v) is 2.10. The van der Waals surface area contributed by atoms with E-state index in [0.717, 1.165) is 19.3 Å². The van der Waals surface area contributed by atoms with Crippen molar-refractivity contribution >= 4 is 5.78 Å². The summed E-state index contributed by atoms with van der Waals surface area (Å²) >= 11 is 0. The maximum atomic E-state index is 11.3. The Hall–Kier alpha value is -0.330. The third-order valence-corrected chi connectivity index (χ3v) is 2.78. The first kappa shape index (κ1) is 8.76. The van der Waals surface area contributed by atoms with Crippen LogP contribution < -0.4 is 0 Å². The minimum absolute atomic E-state index is 0.412. The van der Waals surface area contributed by atoms with E-state index < -0.39 is 0 Å². The van der Waals surface area contributed by atoms with Crippen molar-refractivity contribution in [3.8, 4) is 0 Å². The van der Waals surface area contributed by atoms with Crippen LogP contribution in [0.1, 0.15) is 46.0 Å². The first-order chi connectivity index (χ1) is 5.25. The van der Waals surface area contributed by atoms with Crippen molar-refractivity contribution in [2.45, 2.75) is 46.0 Å². The molecule has 1 aliphatic carbocycles. The summed E-state index contributed by atoms with van der Waals surface area (Å²) in [6.07, 6.45) is 5.57. The second kappa shape index (κ2) is 3.89. The maximum Gasteiger partial charge on any atom is 0.136 e. The van der Waals surface area contributed by atoms with Gasteiger partial charge in [-0.1, -0.05) is 26.7 Å². The molecule has 1 rings (SSSR count). The summed E-state index contributed by atoms with van der Waals surface area (Å²) in [5.41, 5.74) is 0. The summed E-state index contributed by atoms with van der Waals surface area (Å²) in [7, 11) is 0. The molecule has 0 aliphatic heterocycles. The van der Waals surface area contributed by atoms with Gasteiger partial charge in [0, 0.05) is 12.3 Å². The normalized spacial score (nSPS) is 27.5. The number of carbonyl (C=O) groups is 1. The Morgan fingerprint density at radius 2 is 2.36 bits per heavy atom. The number of hydrogen-bond acceptors (Lipinski definition) is 1. The molecule has 0 aromatic heterocycles. The molecule has 1 nitrogen and oxygen atoms in total. The van der Waals surface area contributed by atoms with E-state index in [9.17, 15) is 4.79 Å². The molecule has 1 saturated carbocycles. The summed E-state index contributed by atoms with van der Waals surface area (Å²) in [5, 5.41) is 0. The predicted molar refractivity (Wildman–Crippen MR) is 46.4 cm³/mol. The summed E-state index contributed by atoms with van der Waals surface area (Å²) in [6, 6.07) is 0. The molecule has 1 heteroatoms. The Labute approximate surface area is 69.2 Å². The van der Waals surface area contributed by atoms with Crippen molar-refractivity contribution in [2.75, 3.05) is 0 Å². The third kappa shape index (κ3) is 2.05. The van der Waals surface area contributed by atoms with E-state index in [1.807, 2.05) is 0 Å². The molecule has 0 amide bonds. The Kier molecular flexibility index (Phi) is 3.10. The Morgan fingerprint density at radius 1 is 1.64 bits per heavy atom. The number of rotatable bonds is 3. The van der Waals surface area contributed by atoms with Gasteiger partial charge in [0.15, 0.2) is 0 Å². The lowest BCUT2D eigenvalue weighted by Gasteiger charge is -2.15. The molecule has 2 atom stereocenters. The van der Waals surface area contributed by atoms with Crippen LogP contribution in [-0.2, 0) is 4.79 Å². The van der Waals surface area contributed by atoms with Crippen molar-refractivity contribution < 1.29 is 4.79 Å². The van der Waals surface area contributed by atoms with Crippen LogP contribution in [0.25, 0.3) is 0 Å². The molecular weight excluding hydrogens is 136 g/mol. The van der Waals surface area contributed by atoms with Crippen LogP contribution in [0, 0.1) is 11.8 Å². The highest BCUT2D eigenvalue weighted by Gasteiger charge is 2.28. The average Bonchev–Trinajstić information content (AvgIpc) is 2.36. The van der Waals surface area contributed by atoms with Crippen molar-refractivity contribution in [3.63, 3.8) is 0 Å². The van der Waals surface area contributed by atoms with Crippen LogP contribution in [-0.4, -0.2) is 5.78 Å². The molecule has 0 radical (unpaired) electrons. The minimum Gasteiger partial charge on any atom is -0.299 e. The molecule has 0 saturated heterocycles. The first-order valence-corrected chi connectivity index (χ1v) is 4.78. The van der Waals surface area contributed by atoms with Gasteiger partial charge in [-0.2, -0.15) is 0 Å². The molecule has 0 spiro atoms. The van der Waals surface area contributed by atoms with E-state index in [2.05, 4.69) is 13.8 Å². The van der Waals surface area contributed by atoms with Crippen molar-refractivity contribution in [1.82, 2.24) is 0 Å². The molecule has 0 heterocycles. The molecule has 64 valence electrons. The molecule has 0 bridgehead atoms. The van der Waals surface area contributed by atoms with E-state index >= 15 is 0 Å². The summed E-state index contributed by atoms with van der Waals surface area (Å²) in [4.78, 5) is 11.3. The number of ketones is 1. The standard InChI is InChI=1S/C10H18O/c1-3-5-8(2)9-6-4-7-10(9)11/h8-9H,3-7H2,1-2H3. The van der Waals surface area contributed by atoms with Gasteiger partial charge in [0.25, 0.3) is 0 Å². The summed E-state index contributed by atoms with van der Waals surface area (Å²) in [6.45, 7) is 4.41. The molecule has 1 fully saturated rings. The lowest BCUT2D eigenvalue weighted by Crippen LogP contribution is -2.15. The van der Waals surface area contributed by atoms with Crippen LogP contribution in [0.5, 0.6) is 0 Å². The van der Waals surface area contributed by atoms with Crippen molar-refractivity contribution in [3.05, 3.63) is 0 Å². The number of hydrogen-bond donors (Lipinski definition) is 0. The monoisotopic (exact) mass is 154 g/mol. The molecule has 11 heavy (non-hydrogen) atoms. The minimum atomic E-state index is 0.412. The highest BCUT2D eigenvalue weighted by Crippen LogP contribution is 2.30. The highest BCUT2D eigenvalue weighted by atomic mass is 16.1. The zero-order valence-corrected chi connectivity index (χ0v) is 7.60. The van der Waals surface area contributed by atoms with Crippen LogP contribution in [0.3, 0.4) is 0 Å². The van der Waals surface area contributed by atoms with Gasteiger partial charge < -0.3 is 0 Å². The molecule has 2 unspecified atom stereocenters. The molecule has 0 N–H and O–H groups in total. The number of carbonyl (C=O) groups excluding carboxylic acids is 1. The smallest absolute Gasteiger partial charge is 0.136 e. The summed E-state index contributed by atoms with van der Waals surface area (Å²) in [5.74, 6) is 1.57. The van der Waals surface area contributed by atoms with Gasteiger partial charge in [0.05, 0.1) is 0 Å². The van der Waals surface area contributed by atoms with E-state index in [4.69, 9.17) is 0 Å². The second-order valence-corrected chi connectivity index (χ2v) is 3.73. The highest BCUT2D eigenvalue weighted by molar-refractivity contribution is 5.83. The largest absolute Gasteiger partial charge is 0.299 e. The van der Waals surface area contributed by atoms with Gasteiger partial charge in [-0.05, 0) is 18.8 Å². The van der Waals surface area contributed by atoms with E-state index in [1.165, 1.54) is 12.8 Å². The first-order valence-electron chi connectivity index (χ1n) is 4.78. The van der Waals surface area contributed by atoms with Crippen LogP contribution in [0.2, 0.25) is 0 Å². The van der Waals surface area contributed by atoms with Crippen LogP contribution >= 0.6 is 0 Å². The second-order valence-electron chi connectivity index (χ2n) is 3.73. The molecule has 0 aromatic carbocycles. The average molecular weight is 154 g/mol. The fourth-order valence-electron chi connectivity index (χ4n) is 2.10. The lowest BCUT2D eigenvalue weighted by molar-refractivity contribution is -0.121. The van der Waals surface area contributed by atoms with Gasteiger partial charge in [0.1, 0.15) is 5.78 Å². The molecule has 1 aliphatic rings. The topological polar surface area (TPSA) is 17.1 Å². The zero-order valence-electron chi connectivity index (χ0n) is 7.60. The summed E-state index contributed by atoms with van der Waals surface area (Å²) < 4.78 is 0. The fraction of sp³-hybridized carbons (Fsp3) is 0.900. The van der Waals surface area contributed by atoms with Crippen LogP contribution in [0.15, 0.2) is 0 Å². The SMILES string of the molecule is CCCC(C)C1CCCC1=O. The van der Waals surface area contributed by atoms with Gasteiger partial charge >= 0.3 is 0 Å². The van der Waals surface area contributed by atoms with E-state index in [-0.39, 0.29) is 0 Å². The quantitative estimate of drug-likeness (QED) is 0.611. The van der Waals surface area contributed by atoms with Crippen molar-refractivity contribution in [2.24, 2.45) is 11.8 Å². The van der Waals surface area contributed by atoms with Gasteiger partial charge in [0.2, 0.25) is 0 Å². The lowest BCUT2D eigenvalue weighted by atomic mass is 9.88. The Balaban J connectivity index is 2.39. The van der Waals surface area contributed by atoms with Crippen molar-refractivity contribution in [1.29, 1.82) is 0 Å². The third-order valence-electron chi connectivity index (χ3n) is 2.78. The Morgan fingerprint density at radius 3 is 2.82 bits per heavy atom. The van der Waals surface area contributed by atoms with E-state index in [1.54, 1.807) is 0 Å². The molecule has 0 aromatic rings. The van der Waals surface area contributed by atoms with Gasteiger partial charge in [-0.15, -0.1) is 0 Å². The van der Waals surface area contributed by atoms with Crippen LogP contribution in [0.4, 0.5) is 0 Å². The predicted octanol–water partition coefficient (Wildman–Crippen LogP) is 2.79. The number of Topliss-reactive ketones (excluding diaryl/α,β-unsaturated/α-hetero) is 1. The Bertz CT molecular complexity index is 140. The van der Waals surface area contributed by atoms with Gasteiger partial charge in [-0.25, -0.2) is 0 Å². The van der Waals surface area contributed by atoms with E-state index in [0.29, 0.717) is 17.6 Å². The maximum absolute atomic E-state index is 11.3. The zero-order chi connectivity index (χ0) is 8.27. The van der Waals surface area contributed by atoms with Gasteiger partial charge in [-0.3, -0.25) is 4.79 Å².